The van der Waals surface area contributed by atoms with Gasteiger partial charge in [-0.05, 0) is 44.4 Å². The van der Waals surface area contributed by atoms with Crippen LogP contribution in [0.3, 0.4) is 0 Å². The van der Waals surface area contributed by atoms with Crippen LogP contribution in [0.5, 0.6) is 11.5 Å². The Morgan fingerprint density at radius 3 is 2.56 bits per heavy atom. The third kappa shape index (κ3) is 2.83. The van der Waals surface area contributed by atoms with Gasteiger partial charge in [0, 0.05) is 11.1 Å². The molecule has 18 heavy (non-hydrogen) atoms. The third-order valence-electron chi connectivity index (χ3n) is 2.97. The van der Waals surface area contributed by atoms with Crippen LogP contribution in [0, 0.1) is 13.8 Å². The van der Waals surface area contributed by atoms with E-state index in [2.05, 4.69) is 4.74 Å². The lowest BCUT2D eigenvalue weighted by Crippen LogP contribution is -2.02. The summed E-state index contributed by atoms with van der Waals surface area (Å²) >= 11 is 0. The lowest BCUT2D eigenvalue weighted by Gasteiger charge is -2.11. The molecular formula is C14H18O4. The summed E-state index contributed by atoms with van der Waals surface area (Å²) in [6.07, 6.45) is 2.04. The molecule has 0 amide bonds. The molecule has 4 heteroatoms. The van der Waals surface area contributed by atoms with Gasteiger partial charge in [-0.1, -0.05) is 6.08 Å². The Kier molecular flexibility index (Phi) is 4.37. The van der Waals surface area contributed by atoms with Crippen LogP contribution in [0.2, 0.25) is 0 Å². The van der Waals surface area contributed by atoms with Crippen molar-refractivity contribution in [1.82, 2.24) is 0 Å². The van der Waals surface area contributed by atoms with E-state index in [9.17, 15) is 15.0 Å². The van der Waals surface area contributed by atoms with Crippen LogP contribution >= 0.6 is 0 Å². The molecule has 0 aliphatic rings. The summed E-state index contributed by atoms with van der Waals surface area (Å²) in [5.74, 6) is -0.104. The number of rotatable bonds is 3. The van der Waals surface area contributed by atoms with E-state index in [0.29, 0.717) is 28.7 Å². The normalized spacial score (nSPS) is 11.4. The van der Waals surface area contributed by atoms with E-state index in [0.717, 1.165) is 0 Å². The van der Waals surface area contributed by atoms with Crippen LogP contribution in [0.15, 0.2) is 17.7 Å². The van der Waals surface area contributed by atoms with Crippen molar-refractivity contribution in [2.75, 3.05) is 7.11 Å². The molecule has 0 radical (unpaired) electrons. The number of hydrogen-bond acceptors (Lipinski definition) is 4. The summed E-state index contributed by atoms with van der Waals surface area (Å²) in [4.78, 5) is 11.2. The van der Waals surface area contributed by atoms with E-state index in [1.165, 1.54) is 13.2 Å². The maximum absolute atomic E-state index is 11.2. The average Bonchev–Trinajstić information content (AvgIpc) is 2.35. The minimum atomic E-state index is -0.399. The van der Waals surface area contributed by atoms with Gasteiger partial charge in [-0.25, -0.2) is 4.79 Å². The van der Waals surface area contributed by atoms with Gasteiger partial charge in [0.05, 0.1) is 7.11 Å². The third-order valence-corrected chi connectivity index (χ3v) is 2.97. The van der Waals surface area contributed by atoms with Crippen molar-refractivity contribution in [1.29, 1.82) is 0 Å². The Balaban J connectivity index is 3.09. The van der Waals surface area contributed by atoms with Crippen molar-refractivity contribution in [2.45, 2.75) is 27.2 Å². The van der Waals surface area contributed by atoms with Crippen molar-refractivity contribution in [3.8, 4) is 11.5 Å². The topological polar surface area (TPSA) is 66.8 Å². The second kappa shape index (κ2) is 5.58. The van der Waals surface area contributed by atoms with Gasteiger partial charge in [0.2, 0.25) is 0 Å². The number of hydrogen-bond donors (Lipinski definition) is 2. The Bertz CT molecular complexity index is 475. The first-order valence-electron chi connectivity index (χ1n) is 5.64. The molecule has 0 fully saturated rings. The summed E-state index contributed by atoms with van der Waals surface area (Å²) < 4.78 is 4.59. The van der Waals surface area contributed by atoms with Crippen molar-refractivity contribution in [3.05, 3.63) is 34.4 Å². The number of aryl methyl sites for hydroxylation is 1. The van der Waals surface area contributed by atoms with Crippen molar-refractivity contribution in [2.24, 2.45) is 0 Å². The molecule has 1 rings (SSSR count). The lowest BCUT2D eigenvalue weighted by atomic mass is 9.99. The van der Waals surface area contributed by atoms with Gasteiger partial charge in [-0.15, -0.1) is 0 Å². The first kappa shape index (κ1) is 14.1. The molecule has 1 aromatic carbocycles. The number of aromatic hydroxyl groups is 2. The molecule has 0 unspecified atom stereocenters. The zero-order valence-corrected chi connectivity index (χ0v) is 11.1. The van der Waals surface area contributed by atoms with Gasteiger partial charge in [0.15, 0.2) is 0 Å². The molecule has 0 aromatic heterocycles. The average molecular weight is 250 g/mol. The van der Waals surface area contributed by atoms with Crippen LogP contribution in [-0.2, 0) is 16.0 Å². The van der Waals surface area contributed by atoms with Crippen molar-refractivity contribution in [3.63, 3.8) is 0 Å². The highest BCUT2D eigenvalue weighted by Crippen LogP contribution is 2.32. The van der Waals surface area contributed by atoms with Gasteiger partial charge in [-0.2, -0.15) is 0 Å². The summed E-state index contributed by atoms with van der Waals surface area (Å²) in [6, 6.07) is 1.52. The highest BCUT2D eigenvalue weighted by molar-refractivity contribution is 5.87. The van der Waals surface area contributed by atoms with Gasteiger partial charge < -0.3 is 14.9 Å². The number of benzene rings is 1. The van der Waals surface area contributed by atoms with Crippen molar-refractivity contribution < 1.29 is 19.7 Å². The molecule has 0 aliphatic heterocycles. The van der Waals surface area contributed by atoms with E-state index >= 15 is 0 Å². The predicted molar refractivity (Wildman–Crippen MR) is 68.7 cm³/mol. The van der Waals surface area contributed by atoms with Gasteiger partial charge >= 0.3 is 5.97 Å². The van der Waals surface area contributed by atoms with E-state index in [4.69, 9.17) is 0 Å². The van der Waals surface area contributed by atoms with Gasteiger partial charge in [-0.3, -0.25) is 0 Å². The van der Waals surface area contributed by atoms with Crippen LogP contribution in [-0.4, -0.2) is 23.3 Å². The van der Waals surface area contributed by atoms with E-state index < -0.39 is 5.97 Å². The van der Waals surface area contributed by atoms with Crippen LogP contribution in [0.1, 0.15) is 23.6 Å². The van der Waals surface area contributed by atoms with Crippen LogP contribution < -0.4 is 0 Å². The maximum atomic E-state index is 11.2. The molecular weight excluding hydrogens is 232 g/mol. The fraction of sp³-hybridized carbons (Fsp3) is 0.357. The monoisotopic (exact) mass is 250 g/mol. The number of esters is 1. The number of carbonyl (C=O) groups is 1. The number of allylic oxidation sites excluding steroid dienone is 1. The molecule has 1 aromatic rings. The zero-order chi connectivity index (χ0) is 13.9. The number of phenolic OH excluding ortho intramolecular Hbond substituents is 2. The molecule has 0 saturated carbocycles. The second-order valence-electron chi connectivity index (χ2n) is 4.25. The number of phenols is 2. The Labute approximate surface area is 107 Å². The highest BCUT2D eigenvalue weighted by Gasteiger charge is 2.12. The Hall–Kier alpha value is -1.97. The maximum Gasteiger partial charge on any atom is 0.333 e. The summed E-state index contributed by atoms with van der Waals surface area (Å²) in [5, 5.41) is 19.7. The van der Waals surface area contributed by atoms with Gasteiger partial charge in [0.25, 0.3) is 0 Å². The molecule has 98 valence electrons. The number of carbonyl (C=O) groups excluding carboxylic acids is 1. The first-order valence-corrected chi connectivity index (χ1v) is 5.64. The zero-order valence-electron chi connectivity index (χ0n) is 11.1. The largest absolute Gasteiger partial charge is 0.508 e. The fourth-order valence-electron chi connectivity index (χ4n) is 1.70. The predicted octanol–water partition coefficient (Wildman–Crippen LogP) is 2.38. The van der Waals surface area contributed by atoms with Crippen molar-refractivity contribution >= 4 is 5.97 Å². The van der Waals surface area contributed by atoms with E-state index in [-0.39, 0.29) is 11.5 Å². The minimum Gasteiger partial charge on any atom is -0.508 e. The van der Waals surface area contributed by atoms with Gasteiger partial charge in [0.1, 0.15) is 11.5 Å². The SMILES string of the molecule is COC(=O)/C(C)=C/Cc1c(C)c(O)cc(C)c1O. The smallest absolute Gasteiger partial charge is 0.333 e. The number of ether oxygens (including phenoxy) is 1. The summed E-state index contributed by atoms with van der Waals surface area (Å²) in [7, 11) is 1.32. The Morgan fingerprint density at radius 2 is 2.00 bits per heavy atom. The van der Waals surface area contributed by atoms with E-state index in [1.54, 1.807) is 26.8 Å². The number of methoxy groups -OCH3 is 1. The molecule has 2 N–H and O–H groups in total. The molecule has 0 saturated heterocycles. The molecule has 0 atom stereocenters. The lowest BCUT2D eigenvalue weighted by molar-refractivity contribution is -0.136. The minimum absolute atomic E-state index is 0.143. The highest BCUT2D eigenvalue weighted by atomic mass is 16.5. The first-order chi connectivity index (χ1) is 8.38. The van der Waals surface area contributed by atoms with Crippen LogP contribution in [0.4, 0.5) is 0 Å². The molecule has 0 aliphatic carbocycles. The molecule has 4 nitrogen and oxygen atoms in total. The molecule has 0 heterocycles. The standard InChI is InChI=1S/C14H18O4/c1-8(14(17)18-4)5-6-11-10(3)12(15)7-9(2)13(11)16/h5,7,15-16H,6H2,1-4H3/b8-5+. The fourth-order valence-corrected chi connectivity index (χ4v) is 1.70. The summed E-state index contributed by atoms with van der Waals surface area (Å²) in [6.45, 7) is 5.09. The second-order valence-corrected chi connectivity index (χ2v) is 4.25. The Morgan fingerprint density at radius 1 is 1.39 bits per heavy atom. The molecule has 0 bridgehead atoms. The van der Waals surface area contributed by atoms with E-state index in [1.807, 2.05) is 0 Å². The van der Waals surface area contributed by atoms with Crippen LogP contribution in [0.25, 0.3) is 0 Å². The summed E-state index contributed by atoms with van der Waals surface area (Å²) in [5.41, 5.74) is 2.32. The quantitative estimate of drug-likeness (QED) is 0.491. The molecule has 0 spiro atoms.